The third-order valence-corrected chi connectivity index (χ3v) is 3.04. The number of benzene rings is 1. The first-order chi connectivity index (χ1) is 10.8. The van der Waals surface area contributed by atoms with Gasteiger partial charge in [0.15, 0.2) is 11.6 Å². The molecule has 0 aliphatic heterocycles. The first-order valence-corrected chi connectivity index (χ1v) is 7.39. The van der Waals surface area contributed by atoms with E-state index in [0.29, 0.717) is 12.5 Å². The van der Waals surface area contributed by atoms with Crippen LogP contribution in [0.1, 0.15) is 33.1 Å². The summed E-state index contributed by atoms with van der Waals surface area (Å²) in [6.07, 6.45) is 0.694. The molecule has 23 heavy (non-hydrogen) atoms. The van der Waals surface area contributed by atoms with Gasteiger partial charge in [0, 0.05) is 12.5 Å². The van der Waals surface area contributed by atoms with Gasteiger partial charge >= 0.3 is 5.97 Å². The normalized spacial score (nSPS) is 12.0. The Bertz CT molecular complexity index is 549. The van der Waals surface area contributed by atoms with Gasteiger partial charge in [-0.3, -0.25) is 4.79 Å². The van der Waals surface area contributed by atoms with Gasteiger partial charge in [-0.25, -0.2) is 13.6 Å². The molecule has 1 rings (SSSR count). The third-order valence-electron chi connectivity index (χ3n) is 3.04. The summed E-state index contributed by atoms with van der Waals surface area (Å²) in [6, 6.07) is 2.05. The van der Waals surface area contributed by atoms with E-state index in [4.69, 9.17) is 9.84 Å². The Balaban J connectivity index is 2.34. The number of carbonyl (C=O) groups is 2. The molecule has 1 aromatic carbocycles. The van der Waals surface area contributed by atoms with Crippen molar-refractivity contribution in [1.82, 2.24) is 5.32 Å². The number of carboxylic acid groups (broad SMARTS) is 1. The Morgan fingerprint density at radius 2 is 2.00 bits per heavy atom. The molecular formula is C16H21F2NO4. The van der Waals surface area contributed by atoms with E-state index in [0.717, 1.165) is 6.07 Å². The van der Waals surface area contributed by atoms with Gasteiger partial charge in [-0.05, 0) is 30.9 Å². The molecule has 5 nitrogen and oxygen atoms in total. The summed E-state index contributed by atoms with van der Waals surface area (Å²) in [5, 5.41) is 11.5. The lowest BCUT2D eigenvalue weighted by molar-refractivity contribution is -0.142. The molecule has 0 heterocycles. The zero-order valence-electron chi connectivity index (χ0n) is 13.1. The van der Waals surface area contributed by atoms with Gasteiger partial charge in [-0.15, -0.1) is 0 Å². The maximum absolute atomic E-state index is 13.3. The Morgan fingerprint density at radius 3 is 2.57 bits per heavy atom. The van der Waals surface area contributed by atoms with E-state index in [2.05, 4.69) is 5.32 Å². The first kappa shape index (κ1) is 18.9. The van der Waals surface area contributed by atoms with Gasteiger partial charge in [0.05, 0.1) is 6.61 Å². The Kier molecular flexibility index (Phi) is 7.44. The van der Waals surface area contributed by atoms with Crippen LogP contribution in [0.2, 0.25) is 0 Å². The van der Waals surface area contributed by atoms with Gasteiger partial charge in [-0.1, -0.05) is 13.8 Å². The predicted octanol–water partition coefficient (Wildman–Crippen LogP) is 2.74. The lowest BCUT2D eigenvalue weighted by Gasteiger charge is -2.16. The van der Waals surface area contributed by atoms with Crippen molar-refractivity contribution in [2.75, 3.05) is 6.61 Å². The molecule has 0 saturated heterocycles. The molecule has 1 atom stereocenters. The number of amides is 1. The largest absolute Gasteiger partial charge is 0.491 e. The molecular weight excluding hydrogens is 308 g/mol. The van der Waals surface area contributed by atoms with Crippen molar-refractivity contribution in [3.8, 4) is 5.75 Å². The molecule has 1 aromatic rings. The second-order valence-electron chi connectivity index (χ2n) is 5.61. The van der Waals surface area contributed by atoms with Gasteiger partial charge in [0.2, 0.25) is 5.91 Å². The molecule has 7 heteroatoms. The van der Waals surface area contributed by atoms with E-state index in [1.165, 1.54) is 6.07 Å². The van der Waals surface area contributed by atoms with Crippen LogP contribution in [0.3, 0.4) is 0 Å². The summed E-state index contributed by atoms with van der Waals surface area (Å²) >= 11 is 0. The SMILES string of the molecule is CC(C)CC(NC(=O)CCCOc1ccc(F)cc1F)C(=O)O. The number of aliphatic carboxylic acids is 1. The fourth-order valence-electron chi connectivity index (χ4n) is 1.97. The number of halogens is 2. The van der Waals surface area contributed by atoms with Crippen LogP contribution in [0.15, 0.2) is 18.2 Å². The molecule has 128 valence electrons. The lowest BCUT2D eigenvalue weighted by atomic mass is 10.0. The van der Waals surface area contributed by atoms with E-state index < -0.39 is 29.6 Å². The van der Waals surface area contributed by atoms with Crippen LogP contribution >= 0.6 is 0 Å². The topological polar surface area (TPSA) is 75.6 Å². The van der Waals surface area contributed by atoms with Crippen molar-refractivity contribution < 1.29 is 28.2 Å². The van der Waals surface area contributed by atoms with E-state index in [1.54, 1.807) is 0 Å². The summed E-state index contributed by atoms with van der Waals surface area (Å²) in [4.78, 5) is 22.7. The highest BCUT2D eigenvalue weighted by molar-refractivity contribution is 5.83. The first-order valence-electron chi connectivity index (χ1n) is 7.39. The number of ether oxygens (including phenoxy) is 1. The molecule has 2 N–H and O–H groups in total. The highest BCUT2D eigenvalue weighted by Crippen LogP contribution is 2.17. The highest BCUT2D eigenvalue weighted by Gasteiger charge is 2.20. The smallest absolute Gasteiger partial charge is 0.326 e. The number of rotatable bonds is 9. The summed E-state index contributed by atoms with van der Waals surface area (Å²) in [5.41, 5.74) is 0. The Morgan fingerprint density at radius 1 is 1.30 bits per heavy atom. The second kappa shape index (κ2) is 9.07. The van der Waals surface area contributed by atoms with Crippen molar-refractivity contribution in [3.05, 3.63) is 29.8 Å². The Labute approximate surface area is 133 Å². The lowest BCUT2D eigenvalue weighted by Crippen LogP contribution is -2.41. The third kappa shape index (κ3) is 7.08. The van der Waals surface area contributed by atoms with Crippen molar-refractivity contribution in [1.29, 1.82) is 0 Å². The number of hydrogen-bond acceptors (Lipinski definition) is 3. The minimum absolute atomic E-state index is 0.0602. The van der Waals surface area contributed by atoms with Crippen LogP contribution in [0.5, 0.6) is 5.75 Å². The minimum Gasteiger partial charge on any atom is -0.491 e. The van der Waals surface area contributed by atoms with Crippen molar-refractivity contribution in [2.24, 2.45) is 5.92 Å². The van der Waals surface area contributed by atoms with Gasteiger partial charge in [-0.2, -0.15) is 0 Å². The van der Waals surface area contributed by atoms with Crippen LogP contribution in [-0.2, 0) is 9.59 Å². The van der Waals surface area contributed by atoms with Crippen LogP contribution in [0, 0.1) is 17.6 Å². The predicted molar refractivity (Wildman–Crippen MR) is 80.1 cm³/mol. The monoisotopic (exact) mass is 329 g/mol. The molecule has 1 unspecified atom stereocenters. The molecule has 0 aliphatic carbocycles. The number of nitrogens with one attached hydrogen (secondary N) is 1. The van der Waals surface area contributed by atoms with E-state index in [9.17, 15) is 18.4 Å². The standard InChI is InChI=1S/C16H21F2NO4/c1-10(2)8-13(16(21)22)19-15(20)4-3-7-23-14-6-5-11(17)9-12(14)18/h5-6,9-10,13H,3-4,7-8H2,1-2H3,(H,19,20)(H,21,22). The zero-order chi connectivity index (χ0) is 17.4. The van der Waals surface area contributed by atoms with E-state index >= 15 is 0 Å². The Hall–Kier alpha value is -2.18. The zero-order valence-corrected chi connectivity index (χ0v) is 13.1. The van der Waals surface area contributed by atoms with Crippen LogP contribution < -0.4 is 10.1 Å². The summed E-state index contributed by atoms with van der Waals surface area (Å²) in [6.45, 7) is 3.80. The van der Waals surface area contributed by atoms with Crippen LogP contribution in [0.25, 0.3) is 0 Å². The molecule has 0 aromatic heterocycles. The quantitative estimate of drug-likeness (QED) is 0.683. The maximum atomic E-state index is 13.3. The molecule has 1 amide bonds. The highest BCUT2D eigenvalue weighted by atomic mass is 19.1. The minimum atomic E-state index is -1.07. The second-order valence-corrected chi connectivity index (χ2v) is 5.61. The van der Waals surface area contributed by atoms with Crippen LogP contribution in [-0.4, -0.2) is 29.6 Å². The van der Waals surface area contributed by atoms with Gasteiger partial charge in [0.25, 0.3) is 0 Å². The summed E-state index contributed by atoms with van der Waals surface area (Å²) < 4.78 is 31.2. The number of carbonyl (C=O) groups excluding carboxylic acids is 1. The summed E-state index contributed by atoms with van der Waals surface area (Å²) in [5.74, 6) is -2.93. The fraction of sp³-hybridized carbons (Fsp3) is 0.500. The summed E-state index contributed by atoms with van der Waals surface area (Å²) in [7, 11) is 0. The van der Waals surface area contributed by atoms with Crippen molar-refractivity contribution >= 4 is 11.9 Å². The van der Waals surface area contributed by atoms with Gasteiger partial charge < -0.3 is 15.2 Å². The average Bonchev–Trinajstić information content (AvgIpc) is 2.44. The average molecular weight is 329 g/mol. The molecule has 0 saturated carbocycles. The van der Waals surface area contributed by atoms with Crippen LogP contribution in [0.4, 0.5) is 8.78 Å². The van der Waals surface area contributed by atoms with E-state index in [1.807, 2.05) is 13.8 Å². The molecule has 0 aliphatic rings. The molecule has 0 bridgehead atoms. The molecule has 0 fully saturated rings. The number of hydrogen-bond donors (Lipinski definition) is 2. The molecule has 0 spiro atoms. The van der Waals surface area contributed by atoms with Gasteiger partial charge in [0.1, 0.15) is 11.9 Å². The molecule has 0 radical (unpaired) electrons. The van der Waals surface area contributed by atoms with Crippen molar-refractivity contribution in [2.45, 2.75) is 39.2 Å². The number of carboxylic acids is 1. The maximum Gasteiger partial charge on any atom is 0.326 e. The fourth-order valence-corrected chi connectivity index (χ4v) is 1.97. The van der Waals surface area contributed by atoms with E-state index in [-0.39, 0.29) is 31.1 Å². The van der Waals surface area contributed by atoms with Crippen molar-refractivity contribution in [3.63, 3.8) is 0 Å².